The van der Waals surface area contributed by atoms with E-state index < -0.39 is 11.5 Å². The molecule has 2 aromatic carbocycles. The van der Waals surface area contributed by atoms with Gasteiger partial charge in [-0.2, -0.15) is 0 Å². The summed E-state index contributed by atoms with van der Waals surface area (Å²) in [6, 6.07) is 13.5. The van der Waals surface area contributed by atoms with Gasteiger partial charge in [0.05, 0.1) is 38.1 Å². The largest absolute Gasteiger partial charge is 0.497 e. The minimum Gasteiger partial charge on any atom is -0.497 e. The van der Waals surface area contributed by atoms with E-state index in [1.165, 1.54) is 0 Å². The van der Waals surface area contributed by atoms with Gasteiger partial charge >= 0.3 is 0 Å². The molecule has 1 fully saturated rings. The Morgan fingerprint density at radius 1 is 1.13 bits per heavy atom. The lowest BCUT2D eigenvalue weighted by atomic mass is 9.76. The maximum atomic E-state index is 14.0. The van der Waals surface area contributed by atoms with Crippen LogP contribution in [0.4, 0.5) is 5.69 Å². The zero-order valence-electron chi connectivity index (χ0n) is 29.4. The zero-order chi connectivity index (χ0) is 34.1. The summed E-state index contributed by atoms with van der Waals surface area (Å²) in [7, 11) is 5.04. The van der Waals surface area contributed by atoms with Crippen LogP contribution in [-0.4, -0.2) is 89.0 Å². The maximum absolute atomic E-state index is 14.0. The molecule has 0 radical (unpaired) electrons. The van der Waals surface area contributed by atoms with Gasteiger partial charge in [0.2, 0.25) is 11.8 Å². The van der Waals surface area contributed by atoms with Crippen LogP contribution in [0.5, 0.6) is 11.5 Å². The molecule has 2 amide bonds. The Morgan fingerprint density at radius 3 is 2.53 bits per heavy atom. The Labute approximate surface area is 281 Å². The van der Waals surface area contributed by atoms with Crippen molar-refractivity contribution in [3.05, 3.63) is 53.6 Å². The number of likely N-dealkylation sites (tertiary alicyclic amines) is 1. The SMILES string of the molecule is CNC(=O)C(C)(C)C[C@@H]1C[C@H](c2ccc(OC)cc2)[C@@H](OCc2ccc3c(c2)N(CCCOC)CCO3)CN1C(=O)C(N)CC(C)C. The van der Waals surface area contributed by atoms with Crippen LogP contribution in [0.2, 0.25) is 0 Å². The molecule has 4 rings (SSSR count). The second-order valence-electron chi connectivity index (χ2n) is 14.0. The number of fused-ring (bicyclic) bond motifs is 1. The molecule has 4 atom stereocenters. The Hall–Kier alpha value is -3.34. The number of piperidine rings is 1. The van der Waals surface area contributed by atoms with Crippen LogP contribution < -0.4 is 25.4 Å². The number of hydrogen-bond donors (Lipinski definition) is 2. The smallest absolute Gasteiger partial charge is 0.239 e. The van der Waals surface area contributed by atoms with E-state index in [1.807, 2.05) is 36.9 Å². The standard InChI is InChI=1S/C37H56N4O6/c1-25(2)19-31(38)35(42)41-23-34(47-24-26-9-14-33-32(20-26)40(16-18-46-33)15-8-17-44-6)30(27-10-12-29(45-7)13-11-27)21-28(41)22-37(3,4)36(43)39-5/h9-14,20,25,28,30-31,34H,8,15-19,21-24,38H2,1-7H3,(H,39,43)/t28-,30+,31?,34-/m0/s1. The maximum Gasteiger partial charge on any atom is 0.239 e. The number of amides is 2. The highest BCUT2D eigenvalue weighted by Crippen LogP contribution is 2.40. The fourth-order valence-electron chi connectivity index (χ4n) is 6.96. The summed E-state index contributed by atoms with van der Waals surface area (Å²) in [5.74, 6) is 1.79. The number of hydrogen-bond acceptors (Lipinski definition) is 8. The molecule has 0 aliphatic carbocycles. The highest BCUT2D eigenvalue weighted by atomic mass is 16.5. The number of methoxy groups -OCH3 is 2. The van der Waals surface area contributed by atoms with Crippen molar-refractivity contribution in [3.8, 4) is 11.5 Å². The van der Waals surface area contributed by atoms with E-state index in [0.29, 0.717) is 45.6 Å². The molecule has 2 heterocycles. The molecule has 3 N–H and O–H groups in total. The van der Waals surface area contributed by atoms with E-state index in [2.05, 4.69) is 48.3 Å². The van der Waals surface area contributed by atoms with Gasteiger partial charge in [0.25, 0.3) is 0 Å². The fourth-order valence-corrected chi connectivity index (χ4v) is 6.96. The number of anilines is 1. The first-order chi connectivity index (χ1) is 22.5. The first-order valence-electron chi connectivity index (χ1n) is 17.0. The molecule has 47 heavy (non-hydrogen) atoms. The van der Waals surface area contributed by atoms with Gasteiger partial charge in [-0.3, -0.25) is 9.59 Å². The Kier molecular flexibility index (Phi) is 12.9. The van der Waals surface area contributed by atoms with E-state index in [9.17, 15) is 9.59 Å². The summed E-state index contributed by atoms with van der Waals surface area (Å²) in [5.41, 5.74) is 9.06. The number of nitrogens with zero attached hydrogens (tertiary/aromatic N) is 2. The molecule has 1 saturated heterocycles. The Morgan fingerprint density at radius 2 is 1.87 bits per heavy atom. The molecule has 2 aliphatic heterocycles. The number of nitrogens with one attached hydrogen (secondary N) is 1. The minimum absolute atomic E-state index is 0.0109. The van der Waals surface area contributed by atoms with Crippen molar-refractivity contribution in [2.45, 2.75) is 84.1 Å². The minimum atomic E-state index is -0.682. The highest BCUT2D eigenvalue weighted by molar-refractivity contribution is 5.83. The van der Waals surface area contributed by atoms with Crippen LogP contribution in [0, 0.1) is 11.3 Å². The summed E-state index contributed by atoms with van der Waals surface area (Å²) in [6.45, 7) is 11.9. The third-order valence-electron chi connectivity index (χ3n) is 9.47. The molecule has 2 aromatic rings. The van der Waals surface area contributed by atoms with Crippen LogP contribution in [-0.2, 0) is 25.7 Å². The van der Waals surface area contributed by atoms with E-state index in [1.54, 1.807) is 21.3 Å². The van der Waals surface area contributed by atoms with Crippen molar-refractivity contribution < 1.29 is 28.5 Å². The molecule has 260 valence electrons. The third-order valence-corrected chi connectivity index (χ3v) is 9.47. The van der Waals surface area contributed by atoms with Gasteiger partial charge in [0, 0.05) is 51.2 Å². The predicted molar refractivity (Wildman–Crippen MR) is 185 cm³/mol. The number of carbonyl (C=O) groups excluding carboxylic acids is 2. The highest BCUT2D eigenvalue weighted by Gasteiger charge is 2.43. The van der Waals surface area contributed by atoms with Crippen LogP contribution >= 0.6 is 0 Å². The van der Waals surface area contributed by atoms with Crippen molar-refractivity contribution in [2.24, 2.45) is 17.1 Å². The average Bonchev–Trinajstić information content (AvgIpc) is 3.06. The molecule has 1 unspecified atom stereocenters. The Balaban J connectivity index is 1.64. The normalized spacial score (nSPS) is 20.4. The molecular weight excluding hydrogens is 596 g/mol. The van der Waals surface area contributed by atoms with Crippen LogP contribution in [0.3, 0.4) is 0 Å². The molecule has 2 aliphatic rings. The second-order valence-corrected chi connectivity index (χ2v) is 14.0. The number of nitrogens with two attached hydrogens (primary N) is 1. The van der Waals surface area contributed by atoms with Gasteiger partial charge in [-0.1, -0.05) is 45.9 Å². The van der Waals surface area contributed by atoms with E-state index >= 15 is 0 Å². The molecule has 0 spiro atoms. The summed E-state index contributed by atoms with van der Waals surface area (Å²) in [5, 5.41) is 2.81. The van der Waals surface area contributed by atoms with Gasteiger partial charge in [-0.05, 0) is 67.0 Å². The number of rotatable bonds is 15. The van der Waals surface area contributed by atoms with E-state index in [-0.39, 0.29) is 35.8 Å². The van der Waals surface area contributed by atoms with E-state index in [0.717, 1.165) is 47.8 Å². The molecular formula is C37H56N4O6. The molecule has 0 aromatic heterocycles. The molecule has 0 bridgehead atoms. The Bertz CT molecular complexity index is 1320. The topological polar surface area (TPSA) is 116 Å². The van der Waals surface area contributed by atoms with Gasteiger partial charge in [-0.15, -0.1) is 0 Å². The molecule has 0 saturated carbocycles. The quantitative estimate of drug-likeness (QED) is 0.266. The van der Waals surface area contributed by atoms with Crippen LogP contribution in [0.1, 0.15) is 70.4 Å². The second kappa shape index (κ2) is 16.7. The lowest BCUT2D eigenvalue weighted by Crippen LogP contribution is -2.58. The number of carbonyl (C=O) groups is 2. The van der Waals surface area contributed by atoms with Gasteiger partial charge in [-0.25, -0.2) is 0 Å². The van der Waals surface area contributed by atoms with Crippen molar-refractivity contribution in [3.63, 3.8) is 0 Å². The first kappa shape index (κ1) is 36.5. The van der Waals surface area contributed by atoms with Crippen molar-refractivity contribution in [2.75, 3.05) is 59.0 Å². The predicted octanol–water partition coefficient (Wildman–Crippen LogP) is 4.74. The third kappa shape index (κ3) is 9.39. The first-order valence-corrected chi connectivity index (χ1v) is 17.0. The van der Waals surface area contributed by atoms with Crippen LogP contribution in [0.15, 0.2) is 42.5 Å². The fraction of sp³-hybridized carbons (Fsp3) is 0.622. The van der Waals surface area contributed by atoms with Gasteiger partial charge in [0.15, 0.2) is 0 Å². The zero-order valence-corrected chi connectivity index (χ0v) is 29.4. The van der Waals surface area contributed by atoms with Crippen molar-refractivity contribution >= 4 is 17.5 Å². The van der Waals surface area contributed by atoms with Gasteiger partial charge < -0.3 is 39.8 Å². The molecule has 10 heteroatoms. The lowest BCUT2D eigenvalue weighted by Gasteiger charge is -2.47. The summed E-state index contributed by atoms with van der Waals surface area (Å²) in [4.78, 5) is 31.2. The summed E-state index contributed by atoms with van der Waals surface area (Å²) in [6.07, 6.45) is 2.39. The average molecular weight is 653 g/mol. The van der Waals surface area contributed by atoms with Crippen LogP contribution in [0.25, 0.3) is 0 Å². The lowest BCUT2D eigenvalue weighted by molar-refractivity contribution is -0.145. The van der Waals surface area contributed by atoms with Crippen molar-refractivity contribution in [1.29, 1.82) is 0 Å². The van der Waals surface area contributed by atoms with Crippen molar-refractivity contribution in [1.82, 2.24) is 10.2 Å². The summed E-state index contributed by atoms with van der Waals surface area (Å²) >= 11 is 0. The monoisotopic (exact) mass is 652 g/mol. The summed E-state index contributed by atoms with van der Waals surface area (Å²) < 4.78 is 23.5. The molecule has 10 nitrogen and oxygen atoms in total. The van der Waals surface area contributed by atoms with E-state index in [4.69, 9.17) is 24.7 Å². The van der Waals surface area contributed by atoms with Gasteiger partial charge in [0.1, 0.15) is 18.1 Å². The number of benzene rings is 2. The number of ether oxygens (including phenoxy) is 4.